The second-order valence-corrected chi connectivity index (χ2v) is 6.27. The van der Waals surface area contributed by atoms with Gasteiger partial charge in [0.05, 0.1) is 18.2 Å². The third kappa shape index (κ3) is 2.73. The molecule has 106 valence electrons. The summed E-state index contributed by atoms with van der Waals surface area (Å²) in [5.74, 6) is 0.303. The van der Waals surface area contributed by atoms with E-state index in [4.69, 9.17) is 4.74 Å². The van der Waals surface area contributed by atoms with Gasteiger partial charge >= 0.3 is 5.97 Å². The largest absolute Gasteiger partial charge is 0.465 e. The van der Waals surface area contributed by atoms with Crippen molar-refractivity contribution in [3.8, 4) is 11.4 Å². The molecular formula is C15H10Br2N2O2. The Morgan fingerprint density at radius 2 is 1.90 bits per heavy atom. The minimum atomic E-state index is -0.394. The number of fused-ring (bicyclic) bond motifs is 1. The van der Waals surface area contributed by atoms with E-state index < -0.39 is 5.97 Å². The Kier molecular flexibility index (Phi) is 3.82. The Bertz CT molecular complexity index is 823. The summed E-state index contributed by atoms with van der Waals surface area (Å²) in [5, 5.41) is 0. The molecular weight excluding hydrogens is 400 g/mol. The smallest absolute Gasteiger partial charge is 0.340 e. The molecule has 1 aromatic heterocycles. The minimum absolute atomic E-state index is 0.394. The third-order valence-corrected chi connectivity index (χ3v) is 3.97. The zero-order chi connectivity index (χ0) is 15.0. The predicted molar refractivity (Wildman–Crippen MR) is 88.3 cm³/mol. The summed E-state index contributed by atoms with van der Waals surface area (Å²) in [4.78, 5) is 19.6. The maximum atomic E-state index is 11.8. The van der Waals surface area contributed by atoms with E-state index in [1.165, 1.54) is 7.11 Å². The Morgan fingerprint density at radius 3 is 2.57 bits per heavy atom. The summed E-state index contributed by atoms with van der Waals surface area (Å²) in [6.07, 6.45) is 0. The van der Waals surface area contributed by atoms with Crippen LogP contribution < -0.4 is 0 Å². The molecule has 0 radical (unpaired) electrons. The SMILES string of the molecule is COC(=O)c1cccc2[nH]c(-c3cc(Br)cc(Br)c3)nc12. The molecule has 0 saturated heterocycles. The topological polar surface area (TPSA) is 55.0 Å². The van der Waals surface area contributed by atoms with Crippen LogP contribution in [0.3, 0.4) is 0 Å². The number of esters is 1. The summed E-state index contributed by atoms with van der Waals surface area (Å²) >= 11 is 6.91. The van der Waals surface area contributed by atoms with Gasteiger partial charge in [-0.25, -0.2) is 9.78 Å². The van der Waals surface area contributed by atoms with E-state index in [2.05, 4.69) is 41.8 Å². The molecule has 0 fully saturated rings. The number of imidazole rings is 1. The van der Waals surface area contributed by atoms with Crippen molar-refractivity contribution in [2.45, 2.75) is 0 Å². The second-order valence-electron chi connectivity index (χ2n) is 4.44. The van der Waals surface area contributed by atoms with E-state index in [9.17, 15) is 4.79 Å². The molecule has 0 aliphatic rings. The molecule has 0 atom stereocenters. The Hall–Kier alpha value is -1.66. The number of methoxy groups -OCH3 is 1. The van der Waals surface area contributed by atoms with Crippen LogP contribution in [0.4, 0.5) is 0 Å². The van der Waals surface area contributed by atoms with E-state index in [0.29, 0.717) is 16.9 Å². The molecule has 1 heterocycles. The fraction of sp³-hybridized carbons (Fsp3) is 0.0667. The highest BCUT2D eigenvalue weighted by Gasteiger charge is 2.14. The molecule has 1 N–H and O–H groups in total. The number of rotatable bonds is 2. The molecule has 0 spiro atoms. The number of aromatic nitrogens is 2. The van der Waals surface area contributed by atoms with Gasteiger partial charge in [-0.15, -0.1) is 0 Å². The van der Waals surface area contributed by atoms with Crippen LogP contribution >= 0.6 is 31.9 Å². The maximum absolute atomic E-state index is 11.8. The van der Waals surface area contributed by atoms with Crippen molar-refractivity contribution in [2.75, 3.05) is 7.11 Å². The van der Waals surface area contributed by atoms with E-state index in [1.807, 2.05) is 24.3 Å². The van der Waals surface area contributed by atoms with E-state index >= 15 is 0 Å². The quantitative estimate of drug-likeness (QED) is 0.632. The number of carbonyl (C=O) groups is 1. The summed E-state index contributed by atoms with van der Waals surface area (Å²) in [7, 11) is 1.36. The van der Waals surface area contributed by atoms with Gasteiger partial charge in [-0.2, -0.15) is 0 Å². The lowest BCUT2D eigenvalue weighted by molar-refractivity contribution is 0.0603. The number of ether oxygens (including phenoxy) is 1. The molecule has 3 aromatic rings. The number of hydrogen-bond acceptors (Lipinski definition) is 3. The summed E-state index contributed by atoms with van der Waals surface area (Å²) in [6.45, 7) is 0. The van der Waals surface area contributed by atoms with Gasteiger partial charge in [-0.3, -0.25) is 0 Å². The van der Waals surface area contributed by atoms with Crippen molar-refractivity contribution in [1.29, 1.82) is 0 Å². The first kappa shape index (κ1) is 14.3. The zero-order valence-corrected chi connectivity index (χ0v) is 14.2. The van der Waals surface area contributed by atoms with Crippen LogP contribution in [0.15, 0.2) is 45.3 Å². The van der Waals surface area contributed by atoms with Gasteiger partial charge in [0.2, 0.25) is 0 Å². The van der Waals surface area contributed by atoms with Crippen molar-refractivity contribution in [2.24, 2.45) is 0 Å². The van der Waals surface area contributed by atoms with Crippen molar-refractivity contribution in [3.63, 3.8) is 0 Å². The standard InChI is InChI=1S/C15H10Br2N2O2/c1-21-15(20)11-3-2-4-12-13(11)19-14(18-12)8-5-9(16)7-10(17)6-8/h2-7H,1H3,(H,18,19). The van der Waals surface area contributed by atoms with Gasteiger partial charge in [0.1, 0.15) is 11.3 Å². The average Bonchev–Trinajstić information content (AvgIpc) is 2.89. The third-order valence-electron chi connectivity index (χ3n) is 3.05. The number of halogens is 2. The highest BCUT2D eigenvalue weighted by Crippen LogP contribution is 2.28. The number of benzene rings is 2. The second kappa shape index (κ2) is 5.61. The average molecular weight is 410 g/mol. The van der Waals surface area contributed by atoms with Gasteiger partial charge in [-0.1, -0.05) is 37.9 Å². The maximum Gasteiger partial charge on any atom is 0.340 e. The number of nitrogens with one attached hydrogen (secondary N) is 1. The monoisotopic (exact) mass is 408 g/mol. The van der Waals surface area contributed by atoms with Crippen LogP contribution in [0.25, 0.3) is 22.4 Å². The number of hydrogen-bond donors (Lipinski definition) is 1. The van der Waals surface area contributed by atoms with E-state index in [1.54, 1.807) is 12.1 Å². The zero-order valence-electron chi connectivity index (χ0n) is 11.0. The van der Waals surface area contributed by atoms with Crippen LogP contribution in [0.1, 0.15) is 10.4 Å². The van der Waals surface area contributed by atoms with Crippen LogP contribution in [-0.4, -0.2) is 23.0 Å². The molecule has 0 aliphatic carbocycles. The highest BCUT2D eigenvalue weighted by molar-refractivity contribution is 9.11. The number of carbonyl (C=O) groups excluding carboxylic acids is 1. The van der Waals surface area contributed by atoms with Gasteiger partial charge in [-0.05, 0) is 30.3 Å². The summed E-state index contributed by atoms with van der Waals surface area (Å²) in [5.41, 5.74) is 2.77. The van der Waals surface area contributed by atoms with Gasteiger partial charge in [0.25, 0.3) is 0 Å². The van der Waals surface area contributed by atoms with E-state index in [-0.39, 0.29) is 0 Å². The molecule has 0 saturated carbocycles. The first-order valence-corrected chi connectivity index (χ1v) is 7.70. The predicted octanol–water partition coefficient (Wildman–Crippen LogP) is 4.54. The molecule has 0 aliphatic heterocycles. The lowest BCUT2D eigenvalue weighted by atomic mass is 10.2. The fourth-order valence-corrected chi connectivity index (χ4v) is 3.43. The van der Waals surface area contributed by atoms with Crippen LogP contribution in [0, 0.1) is 0 Å². The van der Waals surface area contributed by atoms with Crippen molar-refractivity contribution in [1.82, 2.24) is 9.97 Å². The summed E-state index contributed by atoms with van der Waals surface area (Å²) in [6, 6.07) is 11.3. The van der Waals surface area contributed by atoms with Gasteiger partial charge < -0.3 is 9.72 Å². The first-order chi connectivity index (χ1) is 10.1. The van der Waals surface area contributed by atoms with Crippen LogP contribution in [0.5, 0.6) is 0 Å². The lowest BCUT2D eigenvalue weighted by Gasteiger charge is -1.99. The highest BCUT2D eigenvalue weighted by atomic mass is 79.9. The van der Waals surface area contributed by atoms with E-state index in [0.717, 1.165) is 20.0 Å². The van der Waals surface area contributed by atoms with Crippen molar-refractivity contribution in [3.05, 3.63) is 50.9 Å². The van der Waals surface area contributed by atoms with Crippen molar-refractivity contribution < 1.29 is 9.53 Å². The van der Waals surface area contributed by atoms with Crippen molar-refractivity contribution >= 4 is 48.9 Å². The molecule has 0 unspecified atom stereocenters. The number of aromatic amines is 1. The fourth-order valence-electron chi connectivity index (χ4n) is 2.13. The van der Waals surface area contributed by atoms with Crippen LogP contribution in [-0.2, 0) is 4.74 Å². The van der Waals surface area contributed by atoms with Gasteiger partial charge in [0, 0.05) is 14.5 Å². The lowest BCUT2D eigenvalue weighted by Crippen LogP contribution is -2.01. The Labute approximate surface area is 137 Å². The normalized spacial score (nSPS) is 10.8. The van der Waals surface area contributed by atoms with Crippen LogP contribution in [0.2, 0.25) is 0 Å². The Balaban J connectivity index is 2.19. The number of nitrogens with zero attached hydrogens (tertiary/aromatic N) is 1. The molecule has 2 aromatic carbocycles. The number of para-hydroxylation sites is 1. The number of H-pyrrole nitrogens is 1. The molecule has 3 rings (SSSR count). The molecule has 0 amide bonds. The Morgan fingerprint density at radius 1 is 1.19 bits per heavy atom. The molecule has 21 heavy (non-hydrogen) atoms. The molecule has 6 heteroatoms. The molecule has 0 bridgehead atoms. The molecule has 4 nitrogen and oxygen atoms in total. The first-order valence-electron chi connectivity index (χ1n) is 6.12. The summed E-state index contributed by atoms with van der Waals surface area (Å²) < 4.78 is 6.68. The minimum Gasteiger partial charge on any atom is -0.465 e. The van der Waals surface area contributed by atoms with Gasteiger partial charge in [0.15, 0.2) is 0 Å².